The van der Waals surface area contributed by atoms with E-state index >= 15 is 0 Å². The van der Waals surface area contributed by atoms with Crippen LogP contribution in [0.4, 0.5) is 0 Å². The molecular weight excluding hydrogens is 320 g/mol. The Labute approximate surface area is 139 Å². The summed E-state index contributed by atoms with van der Waals surface area (Å²) in [4.78, 5) is 44.6. The standard InChI is InChI=1S/C16H24O8/c17-13(18)11(14(19)20)7-9-5-3-1-2-4-6-10(9)8-12(15(21)22)16(23)24/h9-12H,1-8H2,(H,17,18)(H,19,20)(H,21,22)(H,23,24). The van der Waals surface area contributed by atoms with Gasteiger partial charge in [-0.3, -0.25) is 19.2 Å². The van der Waals surface area contributed by atoms with Gasteiger partial charge in [0.1, 0.15) is 0 Å². The van der Waals surface area contributed by atoms with Crippen molar-refractivity contribution >= 4 is 23.9 Å². The highest BCUT2D eigenvalue weighted by molar-refractivity contribution is 5.93. The van der Waals surface area contributed by atoms with E-state index in [9.17, 15) is 19.2 Å². The summed E-state index contributed by atoms with van der Waals surface area (Å²) in [6, 6.07) is 0. The van der Waals surface area contributed by atoms with Crippen LogP contribution in [-0.4, -0.2) is 44.3 Å². The van der Waals surface area contributed by atoms with Crippen molar-refractivity contribution in [3.05, 3.63) is 0 Å². The topological polar surface area (TPSA) is 149 Å². The molecule has 0 aromatic heterocycles. The summed E-state index contributed by atoms with van der Waals surface area (Å²) >= 11 is 0. The van der Waals surface area contributed by atoms with E-state index in [0.717, 1.165) is 25.7 Å². The lowest BCUT2D eigenvalue weighted by molar-refractivity contribution is -0.159. The Morgan fingerprint density at radius 1 is 0.625 bits per heavy atom. The quantitative estimate of drug-likeness (QED) is 0.488. The van der Waals surface area contributed by atoms with E-state index in [2.05, 4.69) is 0 Å². The fourth-order valence-corrected chi connectivity index (χ4v) is 3.48. The average Bonchev–Trinajstić information content (AvgIpc) is 2.43. The van der Waals surface area contributed by atoms with E-state index in [1.807, 2.05) is 0 Å². The number of carboxylic acids is 4. The van der Waals surface area contributed by atoms with Crippen LogP contribution < -0.4 is 0 Å². The van der Waals surface area contributed by atoms with Crippen molar-refractivity contribution in [3.63, 3.8) is 0 Å². The van der Waals surface area contributed by atoms with Gasteiger partial charge in [-0.25, -0.2) is 0 Å². The van der Waals surface area contributed by atoms with Crippen LogP contribution >= 0.6 is 0 Å². The van der Waals surface area contributed by atoms with Crippen molar-refractivity contribution in [2.75, 3.05) is 0 Å². The van der Waals surface area contributed by atoms with Gasteiger partial charge in [0, 0.05) is 0 Å². The number of carbonyl (C=O) groups is 4. The largest absolute Gasteiger partial charge is 0.481 e. The van der Waals surface area contributed by atoms with Crippen molar-refractivity contribution in [1.82, 2.24) is 0 Å². The Hall–Kier alpha value is -2.12. The highest BCUT2D eigenvalue weighted by atomic mass is 16.4. The van der Waals surface area contributed by atoms with Crippen molar-refractivity contribution in [3.8, 4) is 0 Å². The molecule has 2 unspecified atom stereocenters. The van der Waals surface area contributed by atoms with Crippen LogP contribution in [0, 0.1) is 23.7 Å². The number of aliphatic carboxylic acids is 4. The molecule has 1 rings (SSSR count). The summed E-state index contributed by atoms with van der Waals surface area (Å²) in [6.45, 7) is 0. The Morgan fingerprint density at radius 3 is 1.17 bits per heavy atom. The van der Waals surface area contributed by atoms with Gasteiger partial charge >= 0.3 is 23.9 Å². The van der Waals surface area contributed by atoms with Crippen LogP contribution in [0.15, 0.2) is 0 Å². The molecule has 4 N–H and O–H groups in total. The van der Waals surface area contributed by atoms with Crippen LogP contribution in [0.3, 0.4) is 0 Å². The Morgan fingerprint density at radius 2 is 0.917 bits per heavy atom. The molecule has 2 atom stereocenters. The molecule has 1 saturated carbocycles. The summed E-state index contributed by atoms with van der Waals surface area (Å²) in [5.41, 5.74) is 0. The minimum absolute atomic E-state index is 0.0959. The van der Waals surface area contributed by atoms with Crippen LogP contribution in [0.25, 0.3) is 0 Å². The fourth-order valence-electron chi connectivity index (χ4n) is 3.48. The zero-order valence-electron chi connectivity index (χ0n) is 13.4. The summed E-state index contributed by atoms with van der Waals surface area (Å²) in [5.74, 6) is -9.39. The lowest BCUT2D eigenvalue weighted by Gasteiger charge is -2.31. The third-order valence-electron chi connectivity index (χ3n) is 4.84. The van der Waals surface area contributed by atoms with Crippen LogP contribution in [0.5, 0.6) is 0 Å². The molecule has 0 bridgehead atoms. The van der Waals surface area contributed by atoms with Crippen molar-refractivity contribution in [1.29, 1.82) is 0 Å². The molecule has 0 radical (unpaired) electrons. The van der Waals surface area contributed by atoms with Crippen LogP contribution in [0.1, 0.15) is 51.4 Å². The van der Waals surface area contributed by atoms with Gasteiger partial charge in [0.2, 0.25) is 0 Å². The number of rotatable bonds is 8. The number of carboxylic acid groups (broad SMARTS) is 4. The van der Waals surface area contributed by atoms with Gasteiger partial charge in [0.05, 0.1) is 0 Å². The van der Waals surface area contributed by atoms with E-state index in [0.29, 0.717) is 12.8 Å². The molecule has 0 aliphatic heterocycles. The molecule has 0 heterocycles. The monoisotopic (exact) mass is 344 g/mol. The van der Waals surface area contributed by atoms with Gasteiger partial charge in [0.25, 0.3) is 0 Å². The molecule has 0 amide bonds. The van der Waals surface area contributed by atoms with E-state index in [4.69, 9.17) is 20.4 Å². The molecule has 136 valence electrons. The van der Waals surface area contributed by atoms with Crippen molar-refractivity contribution < 1.29 is 39.6 Å². The number of hydrogen-bond acceptors (Lipinski definition) is 4. The van der Waals surface area contributed by atoms with Gasteiger partial charge in [-0.2, -0.15) is 0 Å². The maximum atomic E-state index is 11.1. The first-order chi connectivity index (χ1) is 11.2. The maximum absolute atomic E-state index is 11.1. The first-order valence-corrected chi connectivity index (χ1v) is 8.15. The summed E-state index contributed by atoms with van der Waals surface area (Å²) in [5, 5.41) is 36.3. The summed E-state index contributed by atoms with van der Waals surface area (Å²) in [7, 11) is 0. The maximum Gasteiger partial charge on any atom is 0.317 e. The molecule has 1 fully saturated rings. The zero-order valence-corrected chi connectivity index (χ0v) is 13.4. The van der Waals surface area contributed by atoms with Gasteiger partial charge in [0.15, 0.2) is 11.8 Å². The van der Waals surface area contributed by atoms with Crippen molar-refractivity contribution in [2.24, 2.45) is 23.7 Å². The Kier molecular flexibility index (Phi) is 7.67. The molecule has 24 heavy (non-hydrogen) atoms. The zero-order chi connectivity index (χ0) is 18.3. The lowest BCUT2D eigenvalue weighted by Crippen LogP contribution is -2.32. The SMILES string of the molecule is O=C(O)C(CC1CCCCCCC1CC(C(=O)O)C(=O)O)C(=O)O. The molecule has 1 aliphatic rings. The minimum Gasteiger partial charge on any atom is -0.481 e. The van der Waals surface area contributed by atoms with Crippen molar-refractivity contribution in [2.45, 2.75) is 51.4 Å². The molecule has 8 nitrogen and oxygen atoms in total. The van der Waals surface area contributed by atoms with E-state index in [1.165, 1.54) is 0 Å². The second-order valence-electron chi connectivity index (χ2n) is 6.44. The van der Waals surface area contributed by atoms with Crippen LogP contribution in [0.2, 0.25) is 0 Å². The van der Waals surface area contributed by atoms with Gasteiger partial charge < -0.3 is 20.4 Å². The average molecular weight is 344 g/mol. The second-order valence-corrected chi connectivity index (χ2v) is 6.44. The molecule has 0 aromatic rings. The smallest absolute Gasteiger partial charge is 0.317 e. The van der Waals surface area contributed by atoms with E-state index in [1.54, 1.807) is 0 Å². The summed E-state index contributed by atoms with van der Waals surface area (Å²) < 4.78 is 0. The molecule has 0 spiro atoms. The fraction of sp³-hybridized carbons (Fsp3) is 0.750. The highest BCUT2D eigenvalue weighted by Gasteiger charge is 2.36. The van der Waals surface area contributed by atoms with Gasteiger partial charge in [-0.1, -0.05) is 38.5 Å². The lowest BCUT2D eigenvalue weighted by atomic mass is 9.73. The molecule has 0 saturated heterocycles. The predicted octanol–water partition coefficient (Wildman–Crippen LogP) is 1.92. The second kappa shape index (κ2) is 9.24. The predicted molar refractivity (Wildman–Crippen MR) is 81.4 cm³/mol. The molecular formula is C16H24O8. The Bertz CT molecular complexity index is 414. The first-order valence-electron chi connectivity index (χ1n) is 8.15. The third kappa shape index (κ3) is 5.82. The first kappa shape index (κ1) is 19.9. The van der Waals surface area contributed by atoms with Gasteiger partial charge in [-0.05, 0) is 24.7 Å². The molecule has 0 aromatic carbocycles. The van der Waals surface area contributed by atoms with E-state index in [-0.39, 0.29) is 24.7 Å². The molecule has 8 heteroatoms. The van der Waals surface area contributed by atoms with Gasteiger partial charge in [-0.15, -0.1) is 0 Å². The normalized spacial score (nSPS) is 21.9. The summed E-state index contributed by atoms with van der Waals surface area (Å²) in [6.07, 6.45) is 4.50. The Balaban J connectivity index is 2.95. The number of hydrogen-bond donors (Lipinski definition) is 4. The van der Waals surface area contributed by atoms with Crippen LogP contribution in [-0.2, 0) is 19.2 Å². The molecule has 1 aliphatic carbocycles. The minimum atomic E-state index is -1.55. The highest BCUT2D eigenvalue weighted by Crippen LogP contribution is 2.36. The third-order valence-corrected chi connectivity index (χ3v) is 4.84. The van der Waals surface area contributed by atoms with E-state index < -0.39 is 35.7 Å².